The third-order valence-corrected chi connectivity index (χ3v) is 4.45. The van der Waals surface area contributed by atoms with Crippen molar-refractivity contribution >= 4 is 46.0 Å². The summed E-state index contributed by atoms with van der Waals surface area (Å²) in [5.74, 6) is 7.20. The first-order valence-electron chi connectivity index (χ1n) is 8.98. The van der Waals surface area contributed by atoms with E-state index in [1.165, 1.54) is 29.4 Å². The number of hydrogen-bond donors (Lipinski definition) is 3. The Morgan fingerprint density at radius 1 is 1.26 bits per heavy atom. The number of nitrogen functional groups attached to an aromatic ring is 2. The van der Waals surface area contributed by atoms with Crippen LogP contribution in [0.15, 0.2) is 71.1 Å². The van der Waals surface area contributed by atoms with Gasteiger partial charge in [0.2, 0.25) is 0 Å². The highest BCUT2D eigenvalue weighted by Crippen LogP contribution is 2.25. The third-order valence-electron chi connectivity index (χ3n) is 4.04. The minimum Gasteiger partial charge on any atom is -0.457 e. The van der Waals surface area contributed by atoms with Crippen molar-refractivity contribution in [2.24, 2.45) is 9.98 Å². The highest BCUT2D eigenvalue weighted by Gasteiger charge is 2.06. The Morgan fingerprint density at radius 2 is 2.06 bits per heavy atom. The second-order valence-corrected chi connectivity index (χ2v) is 7.11. The molecule has 0 aliphatic rings. The van der Waals surface area contributed by atoms with Crippen molar-refractivity contribution in [2.75, 3.05) is 11.6 Å². The summed E-state index contributed by atoms with van der Waals surface area (Å²) in [5.41, 5.74) is 8.62. The normalized spacial score (nSPS) is 12.0. The molecule has 0 radical (unpaired) electrons. The summed E-state index contributed by atoms with van der Waals surface area (Å²) in [6.07, 6.45) is 7.70. The SMILES string of the molecule is Cc1cc(N)ccc1Oc1ccn(N)\c(=N/C=C\C=N\c2cnc(Cl)cc2C(=N)Cl)c1. The molecule has 2 heterocycles. The highest BCUT2D eigenvalue weighted by atomic mass is 35.5. The minimum absolute atomic E-state index is 0.178. The zero-order chi connectivity index (χ0) is 22.4. The van der Waals surface area contributed by atoms with E-state index < -0.39 is 0 Å². The van der Waals surface area contributed by atoms with Crippen LogP contribution in [0.5, 0.6) is 11.5 Å². The van der Waals surface area contributed by atoms with Crippen molar-refractivity contribution < 1.29 is 4.74 Å². The van der Waals surface area contributed by atoms with Gasteiger partial charge in [0.1, 0.15) is 21.8 Å². The van der Waals surface area contributed by atoms with E-state index >= 15 is 0 Å². The van der Waals surface area contributed by atoms with Gasteiger partial charge >= 0.3 is 0 Å². The first-order valence-corrected chi connectivity index (χ1v) is 9.74. The smallest absolute Gasteiger partial charge is 0.154 e. The van der Waals surface area contributed by atoms with Gasteiger partial charge in [-0.3, -0.25) is 15.1 Å². The van der Waals surface area contributed by atoms with Gasteiger partial charge in [-0.25, -0.2) is 9.98 Å². The topological polar surface area (TPSA) is 128 Å². The molecule has 0 saturated heterocycles. The van der Waals surface area contributed by atoms with E-state index in [0.29, 0.717) is 33.9 Å². The first kappa shape index (κ1) is 22.1. The molecular weight excluding hydrogens is 437 g/mol. The Labute approximate surface area is 188 Å². The van der Waals surface area contributed by atoms with Gasteiger partial charge in [0.25, 0.3) is 0 Å². The lowest BCUT2D eigenvalue weighted by molar-refractivity contribution is 0.476. The van der Waals surface area contributed by atoms with Crippen LogP contribution < -0.4 is 21.8 Å². The molecule has 2 aromatic heterocycles. The molecule has 8 nitrogen and oxygen atoms in total. The maximum atomic E-state index is 7.58. The summed E-state index contributed by atoms with van der Waals surface area (Å²) >= 11 is 11.6. The van der Waals surface area contributed by atoms with Crippen LogP contribution in [0.4, 0.5) is 11.4 Å². The van der Waals surface area contributed by atoms with E-state index in [-0.39, 0.29) is 10.3 Å². The maximum Gasteiger partial charge on any atom is 0.154 e. The summed E-state index contributed by atoms with van der Waals surface area (Å²) < 4.78 is 7.27. The molecule has 3 aromatic rings. The average molecular weight is 456 g/mol. The van der Waals surface area contributed by atoms with E-state index in [0.717, 1.165) is 5.56 Å². The Bertz CT molecular complexity index is 1250. The van der Waals surface area contributed by atoms with Crippen molar-refractivity contribution in [3.63, 3.8) is 0 Å². The van der Waals surface area contributed by atoms with Crippen LogP contribution in [0.3, 0.4) is 0 Å². The van der Waals surface area contributed by atoms with Crippen LogP contribution in [0, 0.1) is 12.3 Å². The van der Waals surface area contributed by atoms with Gasteiger partial charge in [-0.15, -0.1) is 0 Å². The molecule has 0 aliphatic carbocycles. The number of rotatable bonds is 6. The molecule has 0 bridgehead atoms. The number of nitrogens with two attached hydrogens (primary N) is 2. The van der Waals surface area contributed by atoms with Crippen LogP contribution >= 0.6 is 23.2 Å². The van der Waals surface area contributed by atoms with Crippen molar-refractivity contribution in [2.45, 2.75) is 6.92 Å². The zero-order valence-electron chi connectivity index (χ0n) is 16.5. The fraction of sp³-hybridized carbons (Fsp3) is 0.0476. The molecule has 158 valence electrons. The predicted octanol–water partition coefficient (Wildman–Crippen LogP) is 4.31. The van der Waals surface area contributed by atoms with Gasteiger partial charge < -0.3 is 16.3 Å². The minimum atomic E-state index is -0.178. The Kier molecular flexibility index (Phi) is 7.07. The van der Waals surface area contributed by atoms with Gasteiger partial charge in [0.05, 0.1) is 11.9 Å². The van der Waals surface area contributed by atoms with Crippen molar-refractivity contribution in [1.82, 2.24) is 9.66 Å². The lowest BCUT2D eigenvalue weighted by atomic mass is 10.2. The Morgan fingerprint density at radius 3 is 2.81 bits per heavy atom. The molecule has 0 saturated carbocycles. The van der Waals surface area contributed by atoms with Gasteiger partial charge in [-0.1, -0.05) is 23.2 Å². The fourth-order valence-electron chi connectivity index (χ4n) is 2.54. The molecule has 0 fully saturated rings. The third kappa shape index (κ3) is 5.94. The van der Waals surface area contributed by atoms with Crippen LogP contribution in [-0.4, -0.2) is 21.0 Å². The number of aryl methyl sites for hydroxylation is 1. The largest absolute Gasteiger partial charge is 0.457 e. The number of anilines is 1. The van der Waals surface area contributed by atoms with E-state index in [1.807, 2.05) is 19.1 Å². The number of ether oxygens (including phenoxy) is 1. The summed E-state index contributed by atoms with van der Waals surface area (Å²) in [4.78, 5) is 12.5. The summed E-state index contributed by atoms with van der Waals surface area (Å²) in [7, 11) is 0. The average Bonchev–Trinajstić information content (AvgIpc) is 2.72. The Balaban J connectivity index is 1.78. The molecule has 0 atom stereocenters. The van der Waals surface area contributed by atoms with E-state index in [4.69, 9.17) is 44.9 Å². The number of nitrogens with one attached hydrogen (secondary N) is 1. The Hall–Kier alpha value is -3.62. The van der Waals surface area contributed by atoms with Crippen LogP contribution in [-0.2, 0) is 0 Å². The molecular formula is C21H19Cl2N7O. The maximum absolute atomic E-state index is 7.58. The molecule has 0 aliphatic heterocycles. The van der Waals surface area contributed by atoms with Crippen molar-refractivity contribution in [3.05, 3.63) is 82.8 Å². The fourth-order valence-corrected chi connectivity index (χ4v) is 2.85. The molecule has 0 spiro atoms. The lowest BCUT2D eigenvalue weighted by Crippen LogP contribution is -2.26. The van der Waals surface area contributed by atoms with Crippen molar-refractivity contribution in [1.29, 1.82) is 5.41 Å². The number of allylic oxidation sites excluding steroid dienone is 1. The van der Waals surface area contributed by atoms with E-state index in [2.05, 4.69) is 15.0 Å². The number of pyridine rings is 2. The number of aliphatic imine (C=N–C) groups is 1. The van der Waals surface area contributed by atoms with E-state index in [9.17, 15) is 0 Å². The highest BCUT2D eigenvalue weighted by molar-refractivity contribution is 6.69. The summed E-state index contributed by atoms with van der Waals surface area (Å²) in [6, 6.07) is 10.3. The molecule has 3 rings (SSSR count). The monoisotopic (exact) mass is 455 g/mol. The van der Waals surface area contributed by atoms with Crippen LogP contribution in [0.2, 0.25) is 5.15 Å². The summed E-state index contributed by atoms with van der Waals surface area (Å²) in [5, 5.41) is 7.64. The standard InChI is InChI=1S/C21H19Cl2N7O/c1-13-9-14(24)3-4-18(13)31-15-5-8-30(26)20(10-15)28-7-2-6-27-17-12-29-19(22)11-16(17)21(23)25/h2-12,25H,24,26H2,1H3/b7-2-,25-21?,27-6+,28-20-. The second kappa shape index (κ2) is 9.92. The van der Waals surface area contributed by atoms with Gasteiger partial charge in [0, 0.05) is 35.9 Å². The van der Waals surface area contributed by atoms with Crippen LogP contribution in [0.25, 0.3) is 0 Å². The van der Waals surface area contributed by atoms with Gasteiger partial charge in [-0.2, -0.15) is 0 Å². The lowest BCUT2D eigenvalue weighted by Gasteiger charge is -2.10. The molecule has 5 N–H and O–H groups in total. The van der Waals surface area contributed by atoms with Gasteiger partial charge in [-0.05, 0) is 48.9 Å². The van der Waals surface area contributed by atoms with Crippen LogP contribution in [0.1, 0.15) is 11.1 Å². The number of aromatic nitrogens is 2. The number of nitrogens with zero attached hydrogens (tertiary/aromatic N) is 4. The zero-order valence-corrected chi connectivity index (χ0v) is 18.0. The molecule has 0 unspecified atom stereocenters. The quantitative estimate of drug-likeness (QED) is 0.221. The van der Waals surface area contributed by atoms with E-state index in [1.54, 1.807) is 30.5 Å². The number of hydrogen-bond acceptors (Lipinski definition) is 7. The number of benzene rings is 1. The predicted molar refractivity (Wildman–Crippen MR) is 125 cm³/mol. The van der Waals surface area contributed by atoms with Crippen molar-refractivity contribution in [3.8, 4) is 11.5 Å². The number of halogens is 2. The molecule has 1 aromatic carbocycles. The molecule has 10 heteroatoms. The molecule has 0 amide bonds. The van der Waals surface area contributed by atoms with Gasteiger partial charge in [0.15, 0.2) is 5.49 Å². The molecule has 31 heavy (non-hydrogen) atoms. The first-order chi connectivity index (χ1) is 14.8. The summed E-state index contributed by atoms with van der Waals surface area (Å²) in [6.45, 7) is 1.92. The second-order valence-electron chi connectivity index (χ2n) is 6.34.